The van der Waals surface area contributed by atoms with E-state index in [4.69, 9.17) is 0 Å². The van der Waals surface area contributed by atoms with E-state index in [2.05, 4.69) is 74.5 Å². The first-order valence-corrected chi connectivity index (χ1v) is 11.8. The predicted octanol–water partition coefficient (Wildman–Crippen LogP) is 3.74. The summed E-state index contributed by atoms with van der Waals surface area (Å²) in [5, 5.41) is 13.6. The number of nitrogens with zero attached hydrogens (tertiary/aromatic N) is 4. The Morgan fingerprint density at radius 1 is 1.16 bits per heavy atom. The standard InChI is InChI=1S/C24H32N6S/c1-25-24(26-16-19-8-3-4-9-21(19)18-30-14-7-12-28-30)27-17-20-10-5-13-29(2)23(20)22-11-6-15-31-22/h3-4,6-9,11-12,14-15,20,23H,5,10,13,16-18H2,1-2H3,(H2,25,26,27). The molecule has 1 fully saturated rings. The third-order valence-electron chi connectivity index (χ3n) is 6.05. The lowest BCUT2D eigenvalue weighted by atomic mass is 9.88. The van der Waals surface area contributed by atoms with Crippen LogP contribution >= 0.6 is 11.3 Å². The molecule has 0 saturated carbocycles. The molecule has 3 aromatic rings. The monoisotopic (exact) mass is 436 g/mol. The summed E-state index contributed by atoms with van der Waals surface area (Å²) in [6.07, 6.45) is 6.30. The van der Waals surface area contributed by atoms with E-state index < -0.39 is 0 Å². The molecule has 4 rings (SSSR count). The molecule has 2 atom stereocenters. The van der Waals surface area contributed by atoms with Crippen LogP contribution in [0.3, 0.4) is 0 Å². The average molecular weight is 437 g/mol. The largest absolute Gasteiger partial charge is 0.356 e. The summed E-state index contributed by atoms with van der Waals surface area (Å²) in [5.74, 6) is 1.43. The van der Waals surface area contributed by atoms with Gasteiger partial charge in [-0.05, 0) is 61.0 Å². The lowest BCUT2D eigenvalue weighted by Gasteiger charge is -2.39. The summed E-state index contributed by atoms with van der Waals surface area (Å²) in [7, 11) is 4.09. The summed E-state index contributed by atoms with van der Waals surface area (Å²) < 4.78 is 1.95. The van der Waals surface area contributed by atoms with Gasteiger partial charge in [0.15, 0.2) is 5.96 Å². The van der Waals surface area contributed by atoms with Gasteiger partial charge in [0.2, 0.25) is 0 Å². The molecule has 6 nitrogen and oxygen atoms in total. The Labute approximate surface area is 189 Å². The summed E-state index contributed by atoms with van der Waals surface area (Å²) in [4.78, 5) is 8.43. The molecule has 2 aromatic heterocycles. The zero-order chi connectivity index (χ0) is 21.5. The molecule has 0 amide bonds. The number of hydrogen-bond acceptors (Lipinski definition) is 4. The lowest BCUT2D eigenvalue weighted by Crippen LogP contribution is -2.44. The van der Waals surface area contributed by atoms with Crippen LogP contribution in [0.5, 0.6) is 0 Å². The molecule has 0 bridgehead atoms. The highest BCUT2D eigenvalue weighted by Gasteiger charge is 2.31. The van der Waals surface area contributed by atoms with Crippen LogP contribution in [0.25, 0.3) is 0 Å². The Kier molecular flexibility index (Phi) is 7.38. The van der Waals surface area contributed by atoms with Crippen molar-refractivity contribution in [3.05, 3.63) is 76.2 Å². The third-order valence-corrected chi connectivity index (χ3v) is 7.00. The average Bonchev–Trinajstić information content (AvgIpc) is 3.49. The molecule has 2 N–H and O–H groups in total. The van der Waals surface area contributed by atoms with E-state index in [1.165, 1.54) is 35.4 Å². The number of likely N-dealkylation sites (tertiary alicyclic amines) is 1. The number of benzene rings is 1. The number of nitrogens with one attached hydrogen (secondary N) is 2. The zero-order valence-electron chi connectivity index (χ0n) is 18.4. The van der Waals surface area contributed by atoms with Gasteiger partial charge >= 0.3 is 0 Å². The lowest BCUT2D eigenvalue weighted by molar-refractivity contribution is 0.125. The number of guanidine groups is 1. The van der Waals surface area contributed by atoms with Gasteiger partial charge in [0, 0.05) is 43.4 Å². The molecule has 7 heteroatoms. The van der Waals surface area contributed by atoms with Crippen molar-refractivity contribution in [1.29, 1.82) is 0 Å². The Hall–Kier alpha value is -2.64. The minimum Gasteiger partial charge on any atom is -0.356 e. The molecule has 164 valence electrons. The van der Waals surface area contributed by atoms with E-state index in [1.807, 2.05) is 41.5 Å². The van der Waals surface area contributed by atoms with Crippen LogP contribution in [0.2, 0.25) is 0 Å². The van der Waals surface area contributed by atoms with E-state index in [0.29, 0.717) is 12.0 Å². The van der Waals surface area contributed by atoms with Crippen molar-refractivity contribution in [1.82, 2.24) is 25.3 Å². The maximum absolute atomic E-state index is 4.47. The van der Waals surface area contributed by atoms with Crippen molar-refractivity contribution < 1.29 is 0 Å². The van der Waals surface area contributed by atoms with Gasteiger partial charge in [-0.2, -0.15) is 5.10 Å². The molecule has 3 heterocycles. The second-order valence-corrected chi connectivity index (χ2v) is 9.10. The summed E-state index contributed by atoms with van der Waals surface area (Å²) in [6, 6.07) is 15.4. The predicted molar refractivity (Wildman–Crippen MR) is 128 cm³/mol. The SMILES string of the molecule is CN=C(NCc1ccccc1Cn1cccn1)NCC1CCCN(C)C1c1cccs1. The Bertz CT molecular complexity index is 950. The van der Waals surface area contributed by atoms with Gasteiger partial charge in [0.1, 0.15) is 0 Å². The quantitative estimate of drug-likeness (QED) is 0.438. The van der Waals surface area contributed by atoms with Crippen molar-refractivity contribution in [3.8, 4) is 0 Å². The van der Waals surface area contributed by atoms with E-state index in [9.17, 15) is 0 Å². The maximum atomic E-state index is 4.47. The number of hydrogen-bond donors (Lipinski definition) is 2. The van der Waals surface area contributed by atoms with Crippen LogP contribution in [0.1, 0.15) is 34.9 Å². The van der Waals surface area contributed by atoms with Crippen molar-refractivity contribution in [2.45, 2.75) is 32.0 Å². The van der Waals surface area contributed by atoms with Gasteiger partial charge in [-0.25, -0.2) is 0 Å². The summed E-state index contributed by atoms with van der Waals surface area (Å²) >= 11 is 1.86. The first kappa shape index (κ1) is 21.6. The minimum absolute atomic E-state index is 0.481. The normalized spacial score (nSPS) is 20.0. The first-order valence-electron chi connectivity index (χ1n) is 11.0. The number of aromatic nitrogens is 2. The van der Waals surface area contributed by atoms with E-state index in [1.54, 1.807) is 0 Å². The third kappa shape index (κ3) is 5.54. The van der Waals surface area contributed by atoms with Crippen molar-refractivity contribution in [2.24, 2.45) is 10.9 Å². The molecule has 31 heavy (non-hydrogen) atoms. The van der Waals surface area contributed by atoms with Gasteiger partial charge in [-0.1, -0.05) is 30.3 Å². The minimum atomic E-state index is 0.481. The van der Waals surface area contributed by atoms with Crippen LogP contribution < -0.4 is 10.6 Å². The Morgan fingerprint density at radius 2 is 2.03 bits per heavy atom. The molecular weight excluding hydrogens is 404 g/mol. The summed E-state index contributed by atoms with van der Waals surface area (Å²) in [6.45, 7) is 3.59. The highest BCUT2D eigenvalue weighted by Crippen LogP contribution is 2.36. The Morgan fingerprint density at radius 3 is 2.77 bits per heavy atom. The number of thiophene rings is 1. The van der Waals surface area contributed by atoms with E-state index in [-0.39, 0.29) is 0 Å². The Balaban J connectivity index is 1.35. The van der Waals surface area contributed by atoms with E-state index in [0.717, 1.165) is 25.6 Å². The van der Waals surface area contributed by atoms with Crippen LogP contribution in [-0.4, -0.2) is 47.8 Å². The molecule has 1 aliphatic rings. The topological polar surface area (TPSA) is 57.5 Å². The number of rotatable bonds is 7. The van der Waals surface area contributed by atoms with E-state index >= 15 is 0 Å². The molecule has 2 unspecified atom stereocenters. The maximum Gasteiger partial charge on any atom is 0.191 e. The van der Waals surface area contributed by atoms with Gasteiger partial charge in [-0.15, -0.1) is 11.3 Å². The second-order valence-electron chi connectivity index (χ2n) is 8.12. The number of aliphatic imine (C=N–C) groups is 1. The molecule has 1 saturated heterocycles. The zero-order valence-corrected chi connectivity index (χ0v) is 19.2. The second kappa shape index (κ2) is 10.6. The van der Waals surface area contributed by atoms with Gasteiger partial charge in [-0.3, -0.25) is 14.6 Å². The first-order chi connectivity index (χ1) is 15.2. The molecule has 1 aromatic carbocycles. The highest BCUT2D eigenvalue weighted by atomic mass is 32.1. The molecule has 1 aliphatic heterocycles. The van der Waals surface area contributed by atoms with Gasteiger partial charge < -0.3 is 10.6 Å². The van der Waals surface area contributed by atoms with Gasteiger partial charge in [0.25, 0.3) is 0 Å². The fourth-order valence-electron chi connectivity index (χ4n) is 4.46. The van der Waals surface area contributed by atoms with Crippen molar-refractivity contribution in [3.63, 3.8) is 0 Å². The van der Waals surface area contributed by atoms with Crippen molar-refractivity contribution >= 4 is 17.3 Å². The molecule has 0 radical (unpaired) electrons. The van der Waals surface area contributed by atoms with Crippen LogP contribution in [0.4, 0.5) is 0 Å². The summed E-state index contributed by atoms with van der Waals surface area (Å²) in [5.41, 5.74) is 2.52. The van der Waals surface area contributed by atoms with Crippen LogP contribution in [-0.2, 0) is 13.1 Å². The fraction of sp³-hybridized carbons (Fsp3) is 0.417. The molecule has 0 aliphatic carbocycles. The van der Waals surface area contributed by atoms with Crippen molar-refractivity contribution in [2.75, 3.05) is 27.2 Å². The molecule has 0 spiro atoms. The molecular formula is C24H32N6S. The van der Waals surface area contributed by atoms with Crippen LogP contribution in [0, 0.1) is 5.92 Å². The smallest absolute Gasteiger partial charge is 0.191 e. The number of piperidine rings is 1. The fourth-order valence-corrected chi connectivity index (χ4v) is 5.45. The van der Waals surface area contributed by atoms with Crippen LogP contribution in [0.15, 0.2) is 65.2 Å². The highest BCUT2D eigenvalue weighted by molar-refractivity contribution is 7.10. The van der Waals surface area contributed by atoms with Gasteiger partial charge in [0.05, 0.1) is 6.54 Å².